The first kappa shape index (κ1) is 26.9. The van der Waals surface area contributed by atoms with Crippen molar-refractivity contribution in [3.05, 3.63) is 39.9 Å². The summed E-state index contributed by atoms with van der Waals surface area (Å²) in [6, 6.07) is 0.981. The Morgan fingerprint density at radius 2 is 1.84 bits per heavy atom. The second kappa shape index (κ2) is 11.5. The van der Waals surface area contributed by atoms with Crippen LogP contribution in [0.3, 0.4) is 0 Å². The van der Waals surface area contributed by atoms with Gasteiger partial charge in [-0.1, -0.05) is 0 Å². The van der Waals surface area contributed by atoms with Gasteiger partial charge in [0.05, 0.1) is 5.69 Å². The van der Waals surface area contributed by atoms with E-state index in [9.17, 15) is 19.2 Å². The van der Waals surface area contributed by atoms with Crippen LogP contribution in [0.15, 0.2) is 23.3 Å². The molecule has 5 N–H and O–H groups in total. The SMILES string of the molecule is CC(C)n1cc(Nc2nc(N3CCCC(NC(=O)O)C3)ncc2C(N)=O)cc(C(=O)N2CCCCC2)c1=O. The quantitative estimate of drug-likeness (QED) is 0.420. The van der Waals surface area contributed by atoms with Crippen LogP contribution in [0.5, 0.6) is 0 Å². The lowest BCUT2D eigenvalue weighted by atomic mass is 10.1. The molecule has 0 aromatic carbocycles. The van der Waals surface area contributed by atoms with Crippen molar-refractivity contribution >= 4 is 35.4 Å². The minimum atomic E-state index is -1.10. The number of amides is 3. The molecule has 0 aliphatic carbocycles. The van der Waals surface area contributed by atoms with Gasteiger partial charge >= 0.3 is 6.09 Å². The first-order valence-electron chi connectivity index (χ1n) is 12.9. The summed E-state index contributed by atoms with van der Waals surface area (Å²) in [7, 11) is 0. The number of carbonyl (C=O) groups excluding carboxylic acids is 2. The predicted molar refractivity (Wildman–Crippen MR) is 141 cm³/mol. The number of hydrogen-bond acceptors (Lipinski definition) is 8. The van der Waals surface area contributed by atoms with Gasteiger partial charge in [0, 0.05) is 50.7 Å². The Morgan fingerprint density at radius 3 is 2.50 bits per heavy atom. The van der Waals surface area contributed by atoms with E-state index in [1.807, 2.05) is 18.7 Å². The van der Waals surface area contributed by atoms with Gasteiger partial charge in [-0.25, -0.2) is 9.78 Å². The molecule has 0 radical (unpaired) electrons. The average Bonchev–Trinajstić information content (AvgIpc) is 2.89. The van der Waals surface area contributed by atoms with E-state index in [2.05, 4.69) is 20.6 Å². The monoisotopic (exact) mass is 526 g/mol. The summed E-state index contributed by atoms with van der Waals surface area (Å²) in [4.78, 5) is 62.1. The number of likely N-dealkylation sites (tertiary alicyclic amines) is 1. The molecule has 4 rings (SSSR count). The standard InChI is InChI=1S/C25H34N8O5/c1-15(2)33-14-17(11-18(23(33)36)22(35)31-8-4-3-5-9-31)28-21-19(20(26)34)12-27-24(30-21)32-10-6-7-16(13-32)29-25(37)38/h11-12,14-16,29H,3-10,13H2,1-2H3,(H2,26,34)(H,37,38)(H,27,28,30). The van der Waals surface area contributed by atoms with Crippen molar-refractivity contribution in [1.29, 1.82) is 0 Å². The number of rotatable bonds is 7. The fraction of sp³-hybridized carbons (Fsp3) is 0.520. The van der Waals surface area contributed by atoms with Gasteiger partial charge in [-0.2, -0.15) is 4.98 Å². The number of pyridine rings is 1. The summed E-state index contributed by atoms with van der Waals surface area (Å²) < 4.78 is 1.47. The fourth-order valence-electron chi connectivity index (χ4n) is 4.86. The Morgan fingerprint density at radius 1 is 1.11 bits per heavy atom. The van der Waals surface area contributed by atoms with E-state index in [1.54, 1.807) is 11.1 Å². The number of carbonyl (C=O) groups is 3. The van der Waals surface area contributed by atoms with Crippen LogP contribution in [0, 0.1) is 0 Å². The highest BCUT2D eigenvalue weighted by atomic mass is 16.4. The van der Waals surface area contributed by atoms with E-state index in [4.69, 9.17) is 10.8 Å². The molecular weight excluding hydrogens is 492 g/mol. The van der Waals surface area contributed by atoms with Crippen LogP contribution in [-0.4, -0.2) is 74.7 Å². The molecular formula is C25H34N8O5. The van der Waals surface area contributed by atoms with Crippen LogP contribution in [0.2, 0.25) is 0 Å². The third-order valence-electron chi connectivity index (χ3n) is 6.81. The van der Waals surface area contributed by atoms with Crippen molar-refractivity contribution < 1.29 is 19.5 Å². The Kier molecular flexibility index (Phi) is 8.13. The lowest BCUT2D eigenvalue weighted by molar-refractivity contribution is 0.0721. The lowest BCUT2D eigenvalue weighted by Crippen LogP contribution is -2.48. The molecule has 13 nitrogen and oxygen atoms in total. The van der Waals surface area contributed by atoms with E-state index in [-0.39, 0.29) is 40.5 Å². The largest absolute Gasteiger partial charge is 0.465 e. The highest BCUT2D eigenvalue weighted by Gasteiger charge is 2.26. The second-order valence-electron chi connectivity index (χ2n) is 9.96. The number of carboxylic acid groups (broad SMARTS) is 1. The number of aromatic nitrogens is 3. The van der Waals surface area contributed by atoms with E-state index in [1.165, 1.54) is 16.8 Å². The maximum absolute atomic E-state index is 13.3. The summed E-state index contributed by atoms with van der Waals surface area (Å²) in [5.74, 6) is -0.640. The van der Waals surface area contributed by atoms with Crippen molar-refractivity contribution in [2.75, 3.05) is 36.4 Å². The number of anilines is 3. The van der Waals surface area contributed by atoms with E-state index >= 15 is 0 Å². The highest BCUT2D eigenvalue weighted by molar-refractivity contribution is 5.98. The van der Waals surface area contributed by atoms with Crippen molar-refractivity contribution in [3.8, 4) is 0 Å². The van der Waals surface area contributed by atoms with Crippen LogP contribution in [0.1, 0.15) is 72.7 Å². The molecule has 0 saturated carbocycles. The van der Waals surface area contributed by atoms with Crippen molar-refractivity contribution in [2.24, 2.45) is 5.73 Å². The molecule has 2 aliphatic heterocycles. The van der Waals surface area contributed by atoms with Crippen LogP contribution < -0.4 is 26.8 Å². The molecule has 1 unspecified atom stereocenters. The maximum atomic E-state index is 13.3. The molecule has 2 fully saturated rings. The summed E-state index contributed by atoms with van der Waals surface area (Å²) in [6.45, 7) is 5.87. The Bertz CT molecular complexity index is 1270. The Labute approximate surface area is 220 Å². The maximum Gasteiger partial charge on any atom is 0.404 e. The molecule has 2 saturated heterocycles. The summed E-state index contributed by atoms with van der Waals surface area (Å²) >= 11 is 0. The number of piperidine rings is 2. The van der Waals surface area contributed by atoms with Crippen LogP contribution in [0.4, 0.5) is 22.2 Å². The van der Waals surface area contributed by atoms with Crippen LogP contribution >= 0.6 is 0 Å². The van der Waals surface area contributed by atoms with Crippen molar-refractivity contribution in [2.45, 2.75) is 58.0 Å². The van der Waals surface area contributed by atoms with Gasteiger partial charge in [-0.05, 0) is 52.0 Å². The average molecular weight is 527 g/mol. The van der Waals surface area contributed by atoms with Gasteiger partial charge in [0.15, 0.2) is 0 Å². The third kappa shape index (κ3) is 6.03. The molecule has 0 spiro atoms. The topological polar surface area (TPSA) is 176 Å². The van der Waals surface area contributed by atoms with Gasteiger partial charge in [-0.15, -0.1) is 0 Å². The second-order valence-corrected chi connectivity index (χ2v) is 9.96. The van der Waals surface area contributed by atoms with Gasteiger partial charge in [0.2, 0.25) is 5.95 Å². The zero-order chi connectivity index (χ0) is 27.4. The molecule has 2 aromatic rings. The highest BCUT2D eigenvalue weighted by Crippen LogP contribution is 2.24. The van der Waals surface area contributed by atoms with Crippen LogP contribution in [0.25, 0.3) is 0 Å². The van der Waals surface area contributed by atoms with Gasteiger partial charge in [0.1, 0.15) is 16.9 Å². The number of hydrogen-bond donors (Lipinski definition) is 4. The molecule has 4 heterocycles. The normalized spacial score (nSPS) is 17.8. The summed E-state index contributed by atoms with van der Waals surface area (Å²) in [6.07, 6.45) is 6.07. The first-order valence-corrected chi connectivity index (χ1v) is 12.9. The summed E-state index contributed by atoms with van der Waals surface area (Å²) in [5.41, 5.74) is 5.68. The van der Waals surface area contributed by atoms with Crippen LogP contribution in [-0.2, 0) is 0 Å². The molecule has 13 heteroatoms. The smallest absolute Gasteiger partial charge is 0.404 e. The van der Waals surface area contributed by atoms with Gasteiger partial charge in [0.25, 0.3) is 17.4 Å². The number of nitrogens with zero attached hydrogens (tertiary/aromatic N) is 5. The molecule has 38 heavy (non-hydrogen) atoms. The number of nitrogens with two attached hydrogens (primary N) is 1. The van der Waals surface area contributed by atoms with E-state index in [0.717, 1.165) is 25.7 Å². The van der Waals surface area contributed by atoms with Gasteiger partial charge < -0.3 is 35.8 Å². The molecule has 2 aromatic heterocycles. The minimum absolute atomic E-state index is 0.0391. The van der Waals surface area contributed by atoms with Gasteiger partial charge in [-0.3, -0.25) is 14.4 Å². The zero-order valence-corrected chi connectivity index (χ0v) is 21.6. The van der Waals surface area contributed by atoms with Crippen molar-refractivity contribution in [3.63, 3.8) is 0 Å². The minimum Gasteiger partial charge on any atom is -0.465 e. The van der Waals surface area contributed by atoms with E-state index in [0.29, 0.717) is 44.2 Å². The Hall–Kier alpha value is -4.16. The molecule has 3 amide bonds. The Balaban J connectivity index is 1.69. The molecule has 2 aliphatic rings. The molecule has 1 atom stereocenters. The van der Waals surface area contributed by atoms with E-state index < -0.39 is 12.0 Å². The number of nitrogens with one attached hydrogen (secondary N) is 2. The lowest BCUT2D eigenvalue weighted by Gasteiger charge is -2.32. The number of primary amides is 1. The molecule has 204 valence electrons. The first-order chi connectivity index (χ1) is 18.1. The summed E-state index contributed by atoms with van der Waals surface area (Å²) in [5, 5.41) is 14.7. The third-order valence-corrected chi connectivity index (χ3v) is 6.81. The molecule has 0 bridgehead atoms. The predicted octanol–water partition coefficient (Wildman–Crippen LogP) is 1.92. The van der Waals surface area contributed by atoms with Crippen molar-refractivity contribution in [1.82, 2.24) is 24.8 Å². The zero-order valence-electron chi connectivity index (χ0n) is 21.6. The fourth-order valence-corrected chi connectivity index (χ4v) is 4.86.